The first-order valence-electron chi connectivity index (χ1n) is 10.9. The molecule has 0 aliphatic carbocycles. The standard InChI is InChI=1S/C26H22F3N3OS/c1-17-5-6-23-21(13-17)22(15-24(30-23)18-7-12-34-16-18)25(33)32-10-8-31(9-11-32)20-4-2-3-19(14-20)26(27,28)29/h2-7,12-16H,8-11H2,1H3. The van der Waals surface area contributed by atoms with Gasteiger partial charge in [0.15, 0.2) is 0 Å². The number of piperazine rings is 1. The second-order valence-electron chi connectivity index (χ2n) is 8.42. The van der Waals surface area contributed by atoms with Crippen molar-refractivity contribution in [3.63, 3.8) is 0 Å². The van der Waals surface area contributed by atoms with E-state index < -0.39 is 11.7 Å². The van der Waals surface area contributed by atoms with Crippen molar-refractivity contribution in [2.24, 2.45) is 0 Å². The van der Waals surface area contributed by atoms with Crippen LogP contribution in [0.25, 0.3) is 22.2 Å². The summed E-state index contributed by atoms with van der Waals surface area (Å²) < 4.78 is 39.3. The van der Waals surface area contributed by atoms with Gasteiger partial charge in [-0.3, -0.25) is 4.79 Å². The summed E-state index contributed by atoms with van der Waals surface area (Å²) in [6, 6.07) is 15.1. The van der Waals surface area contributed by atoms with Crippen molar-refractivity contribution in [1.29, 1.82) is 0 Å². The minimum Gasteiger partial charge on any atom is -0.368 e. The number of pyridine rings is 1. The van der Waals surface area contributed by atoms with Crippen molar-refractivity contribution >= 4 is 33.8 Å². The molecule has 1 aliphatic rings. The van der Waals surface area contributed by atoms with E-state index in [1.807, 2.05) is 52.9 Å². The maximum Gasteiger partial charge on any atom is 0.416 e. The Morgan fingerprint density at radius 3 is 2.50 bits per heavy atom. The summed E-state index contributed by atoms with van der Waals surface area (Å²) in [6.07, 6.45) is -4.38. The van der Waals surface area contributed by atoms with Crippen LogP contribution in [0.3, 0.4) is 0 Å². The number of aromatic nitrogens is 1. The fourth-order valence-electron chi connectivity index (χ4n) is 4.29. The lowest BCUT2D eigenvalue weighted by Gasteiger charge is -2.36. The van der Waals surface area contributed by atoms with Gasteiger partial charge in [0.1, 0.15) is 0 Å². The Bertz CT molecular complexity index is 1340. The molecular formula is C26H22F3N3OS. The molecule has 8 heteroatoms. The predicted octanol–water partition coefficient (Wildman–Crippen LogP) is 6.25. The first-order chi connectivity index (χ1) is 16.3. The van der Waals surface area contributed by atoms with Gasteiger partial charge in [0.25, 0.3) is 5.91 Å². The SMILES string of the molecule is Cc1ccc2nc(-c3ccsc3)cc(C(=O)N3CCN(c4cccc(C(F)(F)F)c4)CC3)c2c1. The van der Waals surface area contributed by atoms with E-state index in [2.05, 4.69) is 0 Å². The second-order valence-corrected chi connectivity index (χ2v) is 9.20. The number of aryl methyl sites for hydroxylation is 1. The number of rotatable bonds is 3. The van der Waals surface area contributed by atoms with E-state index in [0.717, 1.165) is 33.8 Å². The number of anilines is 1. The number of alkyl halides is 3. The molecule has 1 saturated heterocycles. The molecule has 2 aromatic heterocycles. The molecule has 4 nitrogen and oxygen atoms in total. The highest BCUT2D eigenvalue weighted by atomic mass is 32.1. The van der Waals surface area contributed by atoms with Gasteiger partial charge in [-0.05, 0) is 54.8 Å². The third-order valence-corrected chi connectivity index (χ3v) is 6.80. The van der Waals surface area contributed by atoms with Crippen molar-refractivity contribution < 1.29 is 18.0 Å². The molecule has 34 heavy (non-hydrogen) atoms. The van der Waals surface area contributed by atoms with Crippen LogP contribution in [0.4, 0.5) is 18.9 Å². The molecule has 174 valence electrons. The van der Waals surface area contributed by atoms with Gasteiger partial charge in [0.2, 0.25) is 0 Å². The molecule has 5 rings (SSSR count). The lowest BCUT2D eigenvalue weighted by molar-refractivity contribution is -0.137. The molecule has 0 spiro atoms. The lowest BCUT2D eigenvalue weighted by Crippen LogP contribution is -2.48. The summed E-state index contributed by atoms with van der Waals surface area (Å²) in [5, 5.41) is 4.79. The highest BCUT2D eigenvalue weighted by Gasteiger charge is 2.31. The Morgan fingerprint density at radius 1 is 1.00 bits per heavy atom. The van der Waals surface area contributed by atoms with Crippen LogP contribution in [0.2, 0.25) is 0 Å². The topological polar surface area (TPSA) is 36.4 Å². The fraction of sp³-hybridized carbons (Fsp3) is 0.231. The minimum atomic E-state index is -4.38. The molecule has 4 aromatic rings. The normalized spacial score (nSPS) is 14.6. The van der Waals surface area contributed by atoms with E-state index in [1.54, 1.807) is 22.3 Å². The number of nitrogens with zero attached hydrogens (tertiary/aromatic N) is 3. The third kappa shape index (κ3) is 4.37. The molecule has 0 N–H and O–H groups in total. The Balaban J connectivity index is 1.41. The highest BCUT2D eigenvalue weighted by Crippen LogP contribution is 2.32. The summed E-state index contributed by atoms with van der Waals surface area (Å²) in [7, 11) is 0. The van der Waals surface area contributed by atoms with E-state index in [9.17, 15) is 18.0 Å². The first-order valence-corrected chi connectivity index (χ1v) is 11.9. The number of amides is 1. The quantitative estimate of drug-likeness (QED) is 0.347. The molecular weight excluding hydrogens is 459 g/mol. The zero-order chi connectivity index (χ0) is 23.9. The summed E-state index contributed by atoms with van der Waals surface area (Å²) >= 11 is 1.57. The average molecular weight is 482 g/mol. The number of fused-ring (bicyclic) bond motifs is 1. The van der Waals surface area contributed by atoms with E-state index in [0.29, 0.717) is 37.4 Å². The molecule has 0 atom stereocenters. The van der Waals surface area contributed by atoms with Gasteiger partial charge in [-0.2, -0.15) is 24.5 Å². The van der Waals surface area contributed by atoms with Gasteiger partial charge < -0.3 is 9.80 Å². The number of hydrogen-bond donors (Lipinski definition) is 0. The summed E-state index contributed by atoms with van der Waals surface area (Å²) in [5.74, 6) is -0.0850. The van der Waals surface area contributed by atoms with Crippen LogP contribution < -0.4 is 4.90 Å². The van der Waals surface area contributed by atoms with Gasteiger partial charge in [-0.1, -0.05) is 17.7 Å². The smallest absolute Gasteiger partial charge is 0.368 e. The Hall–Kier alpha value is -3.39. The number of halogens is 3. The zero-order valence-corrected chi connectivity index (χ0v) is 19.3. The molecule has 2 aromatic carbocycles. The summed E-state index contributed by atoms with van der Waals surface area (Å²) in [5.41, 5.74) is 3.98. The number of hydrogen-bond acceptors (Lipinski definition) is 4. The van der Waals surface area contributed by atoms with Crippen molar-refractivity contribution in [2.45, 2.75) is 13.1 Å². The molecule has 0 bridgehead atoms. The number of thiophene rings is 1. The van der Waals surface area contributed by atoms with Crippen LogP contribution in [-0.2, 0) is 6.18 Å². The first kappa shape index (κ1) is 22.4. The van der Waals surface area contributed by atoms with Crippen LogP contribution in [0.15, 0.2) is 65.4 Å². The van der Waals surface area contributed by atoms with E-state index >= 15 is 0 Å². The third-order valence-electron chi connectivity index (χ3n) is 6.12. The van der Waals surface area contributed by atoms with Gasteiger partial charge in [0.05, 0.1) is 22.3 Å². The van der Waals surface area contributed by atoms with Crippen molar-refractivity contribution in [3.8, 4) is 11.3 Å². The molecule has 0 radical (unpaired) electrons. The molecule has 3 heterocycles. The number of benzene rings is 2. The fourth-order valence-corrected chi connectivity index (χ4v) is 4.94. The minimum absolute atomic E-state index is 0.0850. The van der Waals surface area contributed by atoms with Crippen LogP contribution in [0, 0.1) is 6.92 Å². The molecule has 1 fully saturated rings. The second kappa shape index (κ2) is 8.76. The maximum absolute atomic E-state index is 13.6. The summed E-state index contributed by atoms with van der Waals surface area (Å²) in [6.45, 7) is 3.77. The Kier molecular flexibility index (Phi) is 5.77. The number of carbonyl (C=O) groups is 1. The van der Waals surface area contributed by atoms with Gasteiger partial charge in [0, 0.05) is 48.2 Å². The maximum atomic E-state index is 13.6. The molecule has 0 saturated carbocycles. The van der Waals surface area contributed by atoms with E-state index in [1.165, 1.54) is 12.1 Å². The van der Waals surface area contributed by atoms with Gasteiger partial charge >= 0.3 is 6.18 Å². The largest absolute Gasteiger partial charge is 0.416 e. The van der Waals surface area contributed by atoms with E-state index in [-0.39, 0.29) is 5.91 Å². The lowest BCUT2D eigenvalue weighted by atomic mass is 10.0. The van der Waals surface area contributed by atoms with Crippen LogP contribution in [-0.4, -0.2) is 42.0 Å². The van der Waals surface area contributed by atoms with Gasteiger partial charge in [-0.25, -0.2) is 4.98 Å². The van der Waals surface area contributed by atoms with Crippen molar-refractivity contribution in [1.82, 2.24) is 9.88 Å². The molecule has 1 aliphatic heterocycles. The molecule has 1 amide bonds. The number of carbonyl (C=O) groups excluding carboxylic acids is 1. The van der Waals surface area contributed by atoms with E-state index in [4.69, 9.17) is 4.98 Å². The van der Waals surface area contributed by atoms with Crippen LogP contribution >= 0.6 is 11.3 Å². The van der Waals surface area contributed by atoms with Crippen LogP contribution in [0.1, 0.15) is 21.5 Å². The van der Waals surface area contributed by atoms with Gasteiger partial charge in [-0.15, -0.1) is 0 Å². The van der Waals surface area contributed by atoms with Crippen molar-refractivity contribution in [2.75, 3.05) is 31.1 Å². The monoisotopic (exact) mass is 481 g/mol. The molecule has 0 unspecified atom stereocenters. The zero-order valence-electron chi connectivity index (χ0n) is 18.5. The predicted molar refractivity (Wildman–Crippen MR) is 129 cm³/mol. The van der Waals surface area contributed by atoms with Crippen molar-refractivity contribution in [3.05, 3.63) is 82.0 Å². The average Bonchev–Trinajstić information content (AvgIpc) is 3.38. The van der Waals surface area contributed by atoms with Crippen LogP contribution in [0.5, 0.6) is 0 Å². The highest BCUT2D eigenvalue weighted by molar-refractivity contribution is 7.08. The Morgan fingerprint density at radius 2 is 1.79 bits per heavy atom. The Labute approximate surface area is 199 Å². The summed E-state index contributed by atoms with van der Waals surface area (Å²) in [4.78, 5) is 22.0.